The summed E-state index contributed by atoms with van der Waals surface area (Å²) in [5.41, 5.74) is 3.79. The van der Waals surface area contributed by atoms with E-state index >= 15 is 0 Å². The molecule has 9 heteroatoms. The van der Waals surface area contributed by atoms with E-state index in [1.54, 1.807) is 19.2 Å². The zero-order chi connectivity index (χ0) is 32.0. The average molecular weight is 616 g/mol. The van der Waals surface area contributed by atoms with Crippen molar-refractivity contribution < 1.29 is 28.5 Å². The number of allylic oxidation sites excluding steroid dienone is 1. The molecule has 0 atom stereocenters. The van der Waals surface area contributed by atoms with Crippen LogP contribution in [-0.2, 0) is 19.4 Å². The highest BCUT2D eigenvalue weighted by Gasteiger charge is 2.17. The Morgan fingerprint density at radius 1 is 0.844 bits per heavy atom. The molecular weight excluding hydrogens is 570 g/mol. The lowest BCUT2D eigenvalue weighted by atomic mass is 10.1. The molecule has 0 fully saturated rings. The minimum absolute atomic E-state index is 0.178. The number of fused-ring (bicyclic) bond motifs is 1. The first-order valence-corrected chi connectivity index (χ1v) is 15.5. The molecule has 9 nitrogen and oxygen atoms in total. The standard InChI is InChI=1S/C36H45N3O6/c1-6-14-26-18-19-30(31(23-26)41-2)45-22-13-12-21-39-29-16-10-9-15-28(29)38-34(39)17-8-7-11-20-37-36(40)27-24-32(42-3)35(44-5)33(25-27)43-4/h6,9-10,15-16,18-19,23-25H,1,7-8,11-14,17,20-22H2,2-5H3,(H,37,40). The van der Waals surface area contributed by atoms with Crippen LogP contribution in [0.3, 0.4) is 0 Å². The zero-order valence-electron chi connectivity index (χ0n) is 26.9. The van der Waals surface area contributed by atoms with Crippen molar-refractivity contribution in [1.82, 2.24) is 14.9 Å². The number of nitrogens with one attached hydrogen (secondary N) is 1. The molecule has 0 aliphatic carbocycles. The van der Waals surface area contributed by atoms with E-state index in [4.69, 9.17) is 28.7 Å². The molecule has 0 bridgehead atoms. The Labute approximate surface area is 266 Å². The molecule has 1 N–H and O–H groups in total. The highest BCUT2D eigenvalue weighted by molar-refractivity contribution is 5.95. The number of methoxy groups -OCH3 is 4. The summed E-state index contributed by atoms with van der Waals surface area (Å²) in [6, 6.07) is 17.6. The highest BCUT2D eigenvalue weighted by atomic mass is 16.5. The Balaban J connectivity index is 1.24. The van der Waals surface area contributed by atoms with Gasteiger partial charge in [0.15, 0.2) is 23.0 Å². The van der Waals surface area contributed by atoms with E-state index in [9.17, 15) is 4.79 Å². The first-order valence-electron chi connectivity index (χ1n) is 15.5. The molecule has 0 aliphatic rings. The summed E-state index contributed by atoms with van der Waals surface area (Å²) in [6.45, 7) is 5.87. The summed E-state index contributed by atoms with van der Waals surface area (Å²) in [7, 11) is 6.27. The number of hydrogen-bond donors (Lipinski definition) is 1. The van der Waals surface area contributed by atoms with Gasteiger partial charge in [-0.3, -0.25) is 4.79 Å². The van der Waals surface area contributed by atoms with Gasteiger partial charge in [0.05, 0.1) is 46.1 Å². The summed E-state index contributed by atoms with van der Waals surface area (Å²) in [5.74, 6) is 3.79. The van der Waals surface area contributed by atoms with Gasteiger partial charge in [-0.05, 0) is 74.1 Å². The molecule has 240 valence electrons. The SMILES string of the molecule is C=CCc1ccc(OCCCCn2c(CCCCCNC(=O)c3cc(OC)c(OC)c(OC)c3)nc3ccccc32)c(OC)c1. The summed E-state index contributed by atoms with van der Waals surface area (Å²) >= 11 is 0. The number of imidazole rings is 1. The van der Waals surface area contributed by atoms with Crippen LogP contribution in [0, 0.1) is 0 Å². The molecule has 1 heterocycles. The topological polar surface area (TPSA) is 93.1 Å². The van der Waals surface area contributed by atoms with E-state index in [-0.39, 0.29) is 5.91 Å². The third-order valence-corrected chi connectivity index (χ3v) is 7.66. The highest BCUT2D eigenvalue weighted by Crippen LogP contribution is 2.38. The first kappa shape index (κ1) is 33.2. The van der Waals surface area contributed by atoms with E-state index in [0.717, 1.165) is 85.4 Å². The largest absolute Gasteiger partial charge is 0.493 e. The maximum atomic E-state index is 12.8. The number of amides is 1. The van der Waals surface area contributed by atoms with Crippen LogP contribution in [0.15, 0.2) is 67.3 Å². The molecule has 45 heavy (non-hydrogen) atoms. The molecule has 4 aromatic rings. The van der Waals surface area contributed by atoms with Crippen LogP contribution >= 0.6 is 0 Å². The predicted octanol–water partition coefficient (Wildman–Crippen LogP) is 6.80. The third kappa shape index (κ3) is 8.71. The quantitative estimate of drug-likeness (QED) is 0.0916. The maximum absolute atomic E-state index is 12.8. The predicted molar refractivity (Wildman–Crippen MR) is 177 cm³/mol. The van der Waals surface area contributed by atoms with Gasteiger partial charge in [-0.2, -0.15) is 0 Å². The maximum Gasteiger partial charge on any atom is 0.251 e. The normalized spacial score (nSPS) is 10.8. The van der Waals surface area contributed by atoms with Crippen molar-refractivity contribution in [3.05, 3.63) is 84.2 Å². The lowest BCUT2D eigenvalue weighted by molar-refractivity contribution is 0.0952. The van der Waals surface area contributed by atoms with E-state index in [2.05, 4.69) is 34.7 Å². The van der Waals surface area contributed by atoms with Gasteiger partial charge in [-0.25, -0.2) is 4.98 Å². The molecule has 0 saturated carbocycles. The second kappa shape index (κ2) is 17.0. The van der Waals surface area contributed by atoms with Crippen LogP contribution in [0.4, 0.5) is 0 Å². The van der Waals surface area contributed by atoms with E-state index < -0.39 is 0 Å². The van der Waals surface area contributed by atoms with Crippen LogP contribution in [-0.4, -0.2) is 57.0 Å². The number of para-hydroxylation sites is 2. The second-order valence-electron chi connectivity index (χ2n) is 10.7. The number of ether oxygens (including phenoxy) is 5. The lowest BCUT2D eigenvalue weighted by Gasteiger charge is -2.14. The second-order valence-corrected chi connectivity index (χ2v) is 10.7. The number of aryl methyl sites for hydroxylation is 2. The number of rotatable bonds is 19. The average Bonchev–Trinajstić information content (AvgIpc) is 3.42. The molecule has 0 saturated heterocycles. The van der Waals surface area contributed by atoms with Crippen LogP contribution in [0.1, 0.15) is 53.8 Å². The number of carbonyl (C=O) groups is 1. The first-order chi connectivity index (χ1) is 22.0. The van der Waals surface area contributed by atoms with E-state index in [0.29, 0.717) is 36.0 Å². The van der Waals surface area contributed by atoms with Crippen LogP contribution in [0.5, 0.6) is 28.7 Å². The van der Waals surface area contributed by atoms with Gasteiger partial charge in [-0.15, -0.1) is 6.58 Å². The monoisotopic (exact) mass is 615 g/mol. The molecule has 0 unspecified atom stereocenters. The Kier molecular flexibility index (Phi) is 12.5. The summed E-state index contributed by atoms with van der Waals surface area (Å²) in [6.07, 6.45) is 8.25. The van der Waals surface area contributed by atoms with Crippen molar-refractivity contribution in [2.45, 2.75) is 51.5 Å². The van der Waals surface area contributed by atoms with Crippen molar-refractivity contribution in [3.8, 4) is 28.7 Å². The number of benzene rings is 3. The minimum Gasteiger partial charge on any atom is -0.493 e. The summed E-state index contributed by atoms with van der Waals surface area (Å²) in [4.78, 5) is 17.7. The Hall–Kier alpha value is -4.66. The van der Waals surface area contributed by atoms with Gasteiger partial charge in [0.2, 0.25) is 5.75 Å². The van der Waals surface area contributed by atoms with Gasteiger partial charge < -0.3 is 33.6 Å². The zero-order valence-corrected chi connectivity index (χ0v) is 26.9. The van der Waals surface area contributed by atoms with Crippen molar-refractivity contribution >= 4 is 16.9 Å². The van der Waals surface area contributed by atoms with Gasteiger partial charge in [0, 0.05) is 25.1 Å². The molecule has 1 amide bonds. The number of nitrogens with zero attached hydrogens (tertiary/aromatic N) is 2. The Morgan fingerprint density at radius 2 is 1.60 bits per heavy atom. The third-order valence-electron chi connectivity index (χ3n) is 7.66. The molecule has 3 aromatic carbocycles. The van der Waals surface area contributed by atoms with Gasteiger partial charge in [0.25, 0.3) is 5.91 Å². The molecule has 0 radical (unpaired) electrons. The van der Waals surface area contributed by atoms with Crippen molar-refractivity contribution in [2.75, 3.05) is 41.6 Å². The van der Waals surface area contributed by atoms with Crippen molar-refractivity contribution in [2.24, 2.45) is 0 Å². The minimum atomic E-state index is -0.178. The van der Waals surface area contributed by atoms with E-state index in [1.807, 2.05) is 30.3 Å². The van der Waals surface area contributed by atoms with Crippen LogP contribution in [0.2, 0.25) is 0 Å². The number of aromatic nitrogens is 2. The fraction of sp³-hybridized carbons (Fsp3) is 0.389. The summed E-state index contributed by atoms with van der Waals surface area (Å²) in [5, 5.41) is 3.00. The fourth-order valence-corrected chi connectivity index (χ4v) is 5.35. The smallest absolute Gasteiger partial charge is 0.251 e. The van der Waals surface area contributed by atoms with Crippen LogP contribution < -0.4 is 29.0 Å². The van der Waals surface area contributed by atoms with Gasteiger partial charge in [-0.1, -0.05) is 30.7 Å². The molecule has 4 rings (SSSR count). The Bertz CT molecular complexity index is 1540. The molecular formula is C36H45N3O6. The van der Waals surface area contributed by atoms with Gasteiger partial charge >= 0.3 is 0 Å². The number of carbonyl (C=O) groups excluding carboxylic acids is 1. The number of hydrogen-bond acceptors (Lipinski definition) is 7. The van der Waals surface area contributed by atoms with Crippen molar-refractivity contribution in [3.63, 3.8) is 0 Å². The Morgan fingerprint density at radius 3 is 2.31 bits per heavy atom. The molecule has 1 aromatic heterocycles. The molecule has 0 aliphatic heterocycles. The van der Waals surface area contributed by atoms with Crippen LogP contribution in [0.25, 0.3) is 11.0 Å². The fourth-order valence-electron chi connectivity index (χ4n) is 5.35. The molecule has 0 spiro atoms. The van der Waals surface area contributed by atoms with Gasteiger partial charge in [0.1, 0.15) is 5.82 Å². The summed E-state index contributed by atoms with van der Waals surface area (Å²) < 4.78 is 30.0. The van der Waals surface area contributed by atoms with Crippen molar-refractivity contribution in [1.29, 1.82) is 0 Å². The lowest BCUT2D eigenvalue weighted by Crippen LogP contribution is -2.24. The van der Waals surface area contributed by atoms with E-state index in [1.165, 1.54) is 21.3 Å². The number of unbranched alkanes of at least 4 members (excludes halogenated alkanes) is 3.